The number of methoxy groups -OCH3 is 2. The molecule has 2 aliphatic rings. The smallest absolute Gasteiger partial charge is 0.284 e. The van der Waals surface area contributed by atoms with Crippen LogP contribution in [0.2, 0.25) is 0 Å². The molecule has 6 heteroatoms. The Labute approximate surface area is 156 Å². The van der Waals surface area contributed by atoms with Gasteiger partial charge in [0, 0.05) is 12.1 Å². The van der Waals surface area contributed by atoms with E-state index in [9.17, 15) is 9.90 Å². The fourth-order valence-electron chi connectivity index (χ4n) is 3.88. The molecule has 2 heterocycles. The van der Waals surface area contributed by atoms with E-state index in [1.165, 1.54) is 11.8 Å². The van der Waals surface area contributed by atoms with Crippen molar-refractivity contribution >= 4 is 17.0 Å². The minimum absolute atomic E-state index is 0.0751. The van der Waals surface area contributed by atoms with Gasteiger partial charge in [-0.1, -0.05) is 42.1 Å². The highest BCUT2D eigenvalue weighted by Gasteiger charge is 2.56. The predicted molar refractivity (Wildman–Crippen MR) is 101 cm³/mol. The Kier molecular flexibility index (Phi) is 4.32. The van der Waals surface area contributed by atoms with Crippen molar-refractivity contribution < 1.29 is 19.4 Å². The van der Waals surface area contributed by atoms with Crippen molar-refractivity contribution in [2.24, 2.45) is 0 Å². The molecule has 0 aliphatic carbocycles. The summed E-state index contributed by atoms with van der Waals surface area (Å²) in [7, 11) is 3.17. The lowest BCUT2D eigenvalue weighted by molar-refractivity contribution is -0.0841. The summed E-state index contributed by atoms with van der Waals surface area (Å²) in [4.78, 5) is 14.2. The zero-order chi connectivity index (χ0) is 18.3. The SMILES string of the molecule is COc1cc2c(cc1OC)[C@@]1(O)[C@H](Cc3ccccc3)SC(=O)N1CC2. The van der Waals surface area contributed by atoms with E-state index in [0.717, 1.165) is 16.7 Å². The summed E-state index contributed by atoms with van der Waals surface area (Å²) in [6.07, 6.45) is 1.29. The number of hydrogen-bond acceptors (Lipinski definition) is 5. The summed E-state index contributed by atoms with van der Waals surface area (Å²) < 4.78 is 10.8. The molecule has 1 N–H and O–H groups in total. The zero-order valence-electron chi connectivity index (χ0n) is 14.8. The first kappa shape index (κ1) is 17.2. The summed E-state index contributed by atoms with van der Waals surface area (Å²) in [6, 6.07) is 13.7. The molecule has 2 aromatic rings. The van der Waals surface area contributed by atoms with Gasteiger partial charge in [0.05, 0.1) is 19.5 Å². The Bertz CT molecular complexity index is 841. The largest absolute Gasteiger partial charge is 0.493 e. The third-order valence-corrected chi connectivity index (χ3v) is 6.40. The first-order valence-corrected chi connectivity index (χ1v) is 9.45. The van der Waals surface area contributed by atoms with Crippen LogP contribution in [-0.4, -0.2) is 41.3 Å². The predicted octanol–water partition coefficient (Wildman–Crippen LogP) is 3.19. The van der Waals surface area contributed by atoms with Crippen molar-refractivity contribution in [3.63, 3.8) is 0 Å². The number of aliphatic hydroxyl groups is 1. The third kappa shape index (κ3) is 2.56. The number of nitrogens with zero attached hydrogens (tertiary/aromatic N) is 1. The molecule has 0 aromatic heterocycles. The number of thioether (sulfide) groups is 1. The first-order valence-electron chi connectivity index (χ1n) is 8.58. The first-order chi connectivity index (χ1) is 12.6. The van der Waals surface area contributed by atoms with Crippen LogP contribution in [-0.2, 0) is 18.6 Å². The Hall–Kier alpha value is -2.18. The molecule has 0 bridgehead atoms. The number of benzene rings is 2. The molecule has 0 saturated carbocycles. The van der Waals surface area contributed by atoms with Crippen molar-refractivity contribution in [2.75, 3.05) is 20.8 Å². The molecule has 2 aliphatic heterocycles. The number of ether oxygens (including phenoxy) is 2. The third-order valence-electron chi connectivity index (χ3n) is 5.20. The summed E-state index contributed by atoms with van der Waals surface area (Å²) in [5.41, 5.74) is 1.49. The van der Waals surface area contributed by atoms with Gasteiger partial charge < -0.3 is 14.6 Å². The number of carbonyl (C=O) groups excluding carboxylic acids is 1. The lowest BCUT2D eigenvalue weighted by Crippen LogP contribution is -2.52. The minimum atomic E-state index is -1.34. The fourth-order valence-corrected chi connectivity index (χ4v) is 5.17. The van der Waals surface area contributed by atoms with E-state index in [2.05, 4.69) is 0 Å². The molecule has 0 spiro atoms. The molecule has 5 nitrogen and oxygen atoms in total. The van der Waals surface area contributed by atoms with Gasteiger partial charge in [0.1, 0.15) is 0 Å². The van der Waals surface area contributed by atoms with E-state index in [1.807, 2.05) is 42.5 Å². The number of fused-ring (bicyclic) bond motifs is 3. The maximum atomic E-state index is 12.6. The highest BCUT2D eigenvalue weighted by Crippen LogP contribution is 2.51. The molecule has 2 aromatic carbocycles. The Balaban J connectivity index is 1.80. The van der Waals surface area contributed by atoms with Crippen molar-refractivity contribution in [3.05, 3.63) is 59.2 Å². The average molecular weight is 371 g/mol. The quantitative estimate of drug-likeness (QED) is 0.894. The van der Waals surface area contributed by atoms with Gasteiger partial charge in [-0.2, -0.15) is 0 Å². The van der Waals surface area contributed by atoms with Gasteiger partial charge in [-0.05, 0) is 36.1 Å². The molecule has 1 saturated heterocycles. The molecular weight excluding hydrogens is 350 g/mol. The molecule has 4 rings (SSSR count). The van der Waals surface area contributed by atoms with Gasteiger partial charge in [0.2, 0.25) is 0 Å². The van der Waals surface area contributed by atoms with Gasteiger partial charge in [-0.3, -0.25) is 9.69 Å². The highest BCUT2D eigenvalue weighted by atomic mass is 32.2. The van der Waals surface area contributed by atoms with Crippen LogP contribution < -0.4 is 9.47 Å². The lowest BCUT2D eigenvalue weighted by atomic mass is 9.85. The van der Waals surface area contributed by atoms with Crippen LogP contribution in [0, 0.1) is 0 Å². The van der Waals surface area contributed by atoms with E-state index in [1.54, 1.807) is 19.1 Å². The standard InChI is InChI=1S/C20H21NO4S/c1-24-16-11-14-8-9-21-19(22)26-18(10-13-6-4-3-5-7-13)20(21,23)15(14)12-17(16)25-2/h3-7,11-12,18,23H,8-10H2,1-2H3/t18-,20+/m0/s1. The Morgan fingerprint density at radius 3 is 2.58 bits per heavy atom. The number of hydrogen-bond donors (Lipinski definition) is 1. The van der Waals surface area contributed by atoms with Gasteiger partial charge in [-0.15, -0.1) is 0 Å². The normalized spacial score (nSPS) is 24.2. The number of carbonyl (C=O) groups is 1. The second-order valence-electron chi connectivity index (χ2n) is 6.55. The van der Waals surface area contributed by atoms with E-state index >= 15 is 0 Å². The van der Waals surface area contributed by atoms with Crippen LogP contribution in [0.1, 0.15) is 16.7 Å². The Morgan fingerprint density at radius 1 is 1.19 bits per heavy atom. The minimum Gasteiger partial charge on any atom is -0.493 e. The van der Waals surface area contributed by atoms with E-state index in [0.29, 0.717) is 30.9 Å². The summed E-state index contributed by atoms with van der Waals surface area (Å²) in [6.45, 7) is 0.496. The van der Waals surface area contributed by atoms with E-state index in [4.69, 9.17) is 9.47 Å². The molecule has 26 heavy (non-hydrogen) atoms. The van der Waals surface area contributed by atoms with Crippen LogP contribution in [0.25, 0.3) is 0 Å². The fraction of sp³-hybridized carbons (Fsp3) is 0.350. The average Bonchev–Trinajstić information content (AvgIpc) is 2.92. The van der Waals surface area contributed by atoms with Gasteiger partial charge >= 0.3 is 0 Å². The van der Waals surface area contributed by atoms with E-state index < -0.39 is 5.72 Å². The van der Waals surface area contributed by atoms with Crippen LogP contribution in [0.4, 0.5) is 4.79 Å². The van der Waals surface area contributed by atoms with Crippen LogP contribution >= 0.6 is 11.8 Å². The molecule has 0 radical (unpaired) electrons. The monoisotopic (exact) mass is 371 g/mol. The number of rotatable bonds is 4. The summed E-state index contributed by atoms with van der Waals surface area (Å²) >= 11 is 1.22. The summed E-state index contributed by atoms with van der Waals surface area (Å²) in [5, 5.41) is 11.4. The lowest BCUT2D eigenvalue weighted by Gasteiger charge is -2.42. The Morgan fingerprint density at radius 2 is 1.88 bits per heavy atom. The molecule has 1 fully saturated rings. The van der Waals surface area contributed by atoms with Gasteiger partial charge in [0.15, 0.2) is 17.2 Å². The van der Waals surface area contributed by atoms with Crippen molar-refractivity contribution in [2.45, 2.75) is 23.8 Å². The van der Waals surface area contributed by atoms with Crippen molar-refractivity contribution in [1.29, 1.82) is 0 Å². The number of amides is 1. The molecule has 2 atom stereocenters. The van der Waals surface area contributed by atoms with Crippen LogP contribution in [0.15, 0.2) is 42.5 Å². The molecular formula is C20H21NO4S. The second kappa shape index (κ2) is 6.52. The zero-order valence-corrected chi connectivity index (χ0v) is 15.6. The summed E-state index contributed by atoms with van der Waals surface area (Å²) in [5.74, 6) is 1.20. The second-order valence-corrected chi connectivity index (χ2v) is 7.71. The van der Waals surface area contributed by atoms with Gasteiger partial charge in [0.25, 0.3) is 5.24 Å². The maximum absolute atomic E-state index is 12.6. The topological polar surface area (TPSA) is 59.0 Å². The van der Waals surface area contributed by atoms with Crippen molar-refractivity contribution in [3.8, 4) is 11.5 Å². The van der Waals surface area contributed by atoms with Crippen molar-refractivity contribution in [1.82, 2.24) is 4.90 Å². The highest BCUT2D eigenvalue weighted by molar-refractivity contribution is 8.14. The van der Waals surface area contributed by atoms with E-state index in [-0.39, 0.29) is 10.5 Å². The maximum Gasteiger partial charge on any atom is 0.284 e. The van der Waals surface area contributed by atoms with Crippen LogP contribution in [0.3, 0.4) is 0 Å². The van der Waals surface area contributed by atoms with Gasteiger partial charge in [-0.25, -0.2) is 0 Å². The molecule has 136 valence electrons. The molecule has 0 unspecified atom stereocenters. The van der Waals surface area contributed by atoms with Crippen LogP contribution in [0.5, 0.6) is 11.5 Å². The molecule has 1 amide bonds.